The monoisotopic (exact) mass is 285 g/mol. The molecule has 1 aromatic carbocycles. The van der Waals surface area contributed by atoms with Gasteiger partial charge in [0.15, 0.2) is 0 Å². The fraction of sp³-hybridized carbons (Fsp3) is 0.462. The minimum atomic E-state index is -4.53. The third kappa shape index (κ3) is 2.02. The number of nitrogens with zero attached hydrogens (tertiary/aromatic N) is 1. The highest BCUT2D eigenvalue weighted by molar-refractivity contribution is 6.03. The molecule has 2 N–H and O–H groups in total. The molecule has 108 valence electrons. The van der Waals surface area contributed by atoms with Crippen LogP contribution in [0.3, 0.4) is 0 Å². The maximum Gasteiger partial charge on any atom is 0.417 e. The van der Waals surface area contributed by atoms with Gasteiger partial charge in [-0.05, 0) is 19.1 Å². The normalized spacial score (nSPS) is 25.8. The Kier molecular flexibility index (Phi) is 2.89. The van der Waals surface area contributed by atoms with Crippen LogP contribution in [0.1, 0.15) is 22.8 Å². The molecule has 4 nitrogen and oxygen atoms in total. The van der Waals surface area contributed by atoms with Crippen LogP contribution in [-0.2, 0) is 6.18 Å². The summed E-state index contributed by atoms with van der Waals surface area (Å²) in [4.78, 5) is 13.9. The molecule has 0 unspecified atom stereocenters. The molecule has 2 aliphatic heterocycles. The van der Waals surface area contributed by atoms with Crippen molar-refractivity contribution in [3.05, 3.63) is 29.3 Å². The minimum Gasteiger partial charge on any atom is -0.348 e. The van der Waals surface area contributed by atoms with Crippen LogP contribution in [0.5, 0.6) is 0 Å². The number of nitrogens with one attached hydrogen (secondary N) is 2. The highest BCUT2D eigenvalue weighted by Gasteiger charge is 2.41. The highest BCUT2D eigenvalue weighted by atomic mass is 19.4. The van der Waals surface area contributed by atoms with E-state index < -0.39 is 17.6 Å². The third-order valence-corrected chi connectivity index (χ3v) is 3.69. The second kappa shape index (κ2) is 4.37. The van der Waals surface area contributed by atoms with E-state index in [9.17, 15) is 18.0 Å². The van der Waals surface area contributed by atoms with Gasteiger partial charge in [0.25, 0.3) is 5.91 Å². The van der Waals surface area contributed by atoms with Crippen LogP contribution in [0.2, 0.25) is 0 Å². The van der Waals surface area contributed by atoms with Gasteiger partial charge in [-0.1, -0.05) is 6.07 Å². The number of rotatable bonds is 0. The zero-order valence-electron chi connectivity index (χ0n) is 10.8. The molecule has 0 radical (unpaired) electrons. The van der Waals surface area contributed by atoms with Gasteiger partial charge < -0.3 is 15.5 Å². The van der Waals surface area contributed by atoms with Gasteiger partial charge in [-0.2, -0.15) is 13.2 Å². The molecule has 0 aromatic heterocycles. The molecule has 2 heterocycles. The van der Waals surface area contributed by atoms with Gasteiger partial charge >= 0.3 is 6.18 Å². The van der Waals surface area contributed by atoms with Gasteiger partial charge in [-0.15, -0.1) is 0 Å². The van der Waals surface area contributed by atoms with Crippen LogP contribution in [0.15, 0.2) is 18.2 Å². The Morgan fingerprint density at radius 3 is 2.80 bits per heavy atom. The SMILES string of the molecule is C[C@@H]1CN2c3cccc(C(F)(F)F)c3C(=O)N[C@H]2CN1. The highest BCUT2D eigenvalue weighted by Crippen LogP contribution is 2.38. The molecule has 0 spiro atoms. The van der Waals surface area contributed by atoms with Crippen LogP contribution < -0.4 is 15.5 Å². The van der Waals surface area contributed by atoms with Gasteiger partial charge in [-0.25, -0.2) is 0 Å². The lowest BCUT2D eigenvalue weighted by molar-refractivity contribution is -0.137. The number of alkyl halides is 3. The first kappa shape index (κ1) is 13.2. The van der Waals surface area contributed by atoms with Crippen molar-refractivity contribution in [2.24, 2.45) is 0 Å². The van der Waals surface area contributed by atoms with Crippen molar-refractivity contribution in [2.45, 2.75) is 25.3 Å². The van der Waals surface area contributed by atoms with Gasteiger partial charge in [0.05, 0.1) is 16.8 Å². The average molecular weight is 285 g/mol. The number of piperazine rings is 1. The zero-order valence-corrected chi connectivity index (χ0v) is 10.8. The van der Waals surface area contributed by atoms with Crippen molar-refractivity contribution in [1.29, 1.82) is 0 Å². The number of halogens is 3. The van der Waals surface area contributed by atoms with Crippen molar-refractivity contribution in [1.82, 2.24) is 10.6 Å². The van der Waals surface area contributed by atoms with Crippen LogP contribution in [0, 0.1) is 0 Å². The maximum absolute atomic E-state index is 13.0. The van der Waals surface area contributed by atoms with E-state index in [1.165, 1.54) is 6.07 Å². The molecule has 2 aliphatic rings. The molecule has 20 heavy (non-hydrogen) atoms. The molecular formula is C13H14F3N3O. The third-order valence-electron chi connectivity index (χ3n) is 3.69. The van der Waals surface area contributed by atoms with E-state index in [-0.39, 0.29) is 17.8 Å². The largest absolute Gasteiger partial charge is 0.417 e. The summed E-state index contributed by atoms with van der Waals surface area (Å²) in [6.45, 7) is 3.03. The van der Waals surface area contributed by atoms with E-state index in [0.717, 1.165) is 6.07 Å². The summed E-state index contributed by atoms with van der Waals surface area (Å²) in [6.07, 6.45) is -4.83. The standard InChI is InChI=1S/C13H14F3N3O/c1-7-6-19-9-4-2-3-8(13(14,15)16)11(9)12(20)18-10(19)5-17-7/h2-4,7,10,17H,5-6H2,1H3,(H,18,20)/t7-,10-/m1/s1. The Labute approximate surface area is 113 Å². The van der Waals surface area contributed by atoms with E-state index in [4.69, 9.17) is 0 Å². The number of amides is 1. The first-order chi connectivity index (χ1) is 9.38. The van der Waals surface area contributed by atoms with Gasteiger partial charge in [0.1, 0.15) is 6.17 Å². The van der Waals surface area contributed by atoms with Crippen molar-refractivity contribution < 1.29 is 18.0 Å². The lowest BCUT2D eigenvalue weighted by Crippen LogP contribution is -2.64. The predicted molar refractivity (Wildman–Crippen MR) is 67.5 cm³/mol. The molecule has 1 aromatic rings. The first-order valence-electron chi connectivity index (χ1n) is 6.39. The maximum atomic E-state index is 13.0. The van der Waals surface area contributed by atoms with Gasteiger partial charge in [-0.3, -0.25) is 4.79 Å². The number of hydrogen-bond donors (Lipinski definition) is 2. The fourth-order valence-corrected chi connectivity index (χ4v) is 2.78. The van der Waals surface area contributed by atoms with Gasteiger partial charge in [0.2, 0.25) is 0 Å². The number of carbonyl (C=O) groups is 1. The zero-order chi connectivity index (χ0) is 14.5. The summed E-state index contributed by atoms with van der Waals surface area (Å²) >= 11 is 0. The van der Waals surface area contributed by atoms with E-state index in [1.807, 2.05) is 11.8 Å². The van der Waals surface area contributed by atoms with Crippen molar-refractivity contribution in [2.75, 3.05) is 18.0 Å². The smallest absolute Gasteiger partial charge is 0.348 e. The topological polar surface area (TPSA) is 44.4 Å². The summed E-state index contributed by atoms with van der Waals surface area (Å²) < 4.78 is 39.1. The molecule has 0 aliphatic carbocycles. The number of fused-ring (bicyclic) bond motifs is 3. The average Bonchev–Trinajstić information content (AvgIpc) is 2.38. The predicted octanol–water partition coefficient (Wildman–Crippen LogP) is 1.57. The molecular weight excluding hydrogens is 271 g/mol. The lowest BCUT2D eigenvalue weighted by Gasteiger charge is -2.45. The van der Waals surface area contributed by atoms with Crippen LogP contribution in [-0.4, -0.2) is 31.2 Å². The summed E-state index contributed by atoms with van der Waals surface area (Å²) in [7, 11) is 0. The molecule has 1 amide bonds. The summed E-state index contributed by atoms with van der Waals surface area (Å²) in [5.74, 6) is -0.662. The van der Waals surface area contributed by atoms with Gasteiger partial charge in [0, 0.05) is 19.1 Å². The second-order valence-corrected chi connectivity index (χ2v) is 5.15. The fourth-order valence-electron chi connectivity index (χ4n) is 2.78. The Morgan fingerprint density at radius 2 is 2.10 bits per heavy atom. The number of anilines is 1. The lowest BCUT2D eigenvalue weighted by atomic mass is 9.98. The number of carbonyl (C=O) groups excluding carboxylic acids is 1. The molecule has 1 saturated heterocycles. The molecule has 3 rings (SSSR count). The summed E-state index contributed by atoms with van der Waals surface area (Å²) in [5.41, 5.74) is -0.788. The Hall–Kier alpha value is -1.76. The van der Waals surface area contributed by atoms with Crippen molar-refractivity contribution in [3.8, 4) is 0 Å². The van der Waals surface area contributed by atoms with Crippen LogP contribution >= 0.6 is 0 Å². The van der Waals surface area contributed by atoms with E-state index in [2.05, 4.69) is 10.6 Å². The quantitative estimate of drug-likeness (QED) is 0.760. The van der Waals surface area contributed by atoms with Crippen LogP contribution in [0.25, 0.3) is 0 Å². The summed E-state index contributed by atoms with van der Waals surface area (Å²) in [5, 5.41) is 5.83. The Morgan fingerprint density at radius 1 is 1.35 bits per heavy atom. The van der Waals surface area contributed by atoms with E-state index in [1.54, 1.807) is 6.07 Å². The minimum absolute atomic E-state index is 0.156. The number of benzene rings is 1. The Balaban J connectivity index is 2.12. The number of hydrogen-bond acceptors (Lipinski definition) is 3. The first-order valence-corrected chi connectivity index (χ1v) is 6.39. The van der Waals surface area contributed by atoms with E-state index in [0.29, 0.717) is 18.8 Å². The van der Waals surface area contributed by atoms with Crippen molar-refractivity contribution in [3.63, 3.8) is 0 Å². The molecule has 2 atom stereocenters. The molecule has 7 heteroatoms. The summed E-state index contributed by atoms with van der Waals surface area (Å²) in [6, 6.07) is 4.03. The molecule has 0 bridgehead atoms. The van der Waals surface area contributed by atoms with E-state index >= 15 is 0 Å². The molecule has 1 fully saturated rings. The van der Waals surface area contributed by atoms with Crippen molar-refractivity contribution >= 4 is 11.6 Å². The molecule has 0 saturated carbocycles. The second-order valence-electron chi connectivity index (χ2n) is 5.15. The Bertz CT molecular complexity index is 558. The van der Waals surface area contributed by atoms with Crippen LogP contribution in [0.4, 0.5) is 18.9 Å².